The molecule has 3 rings (SSSR count). The van der Waals surface area contributed by atoms with Crippen LogP contribution in [0.25, 0.3) is 0 Å². The Morgan fingerprint density at radius 2 is 2.18 bits per heavy atom. The average molecular weight is 304 g/mol. The van der Waals surface area contributed by atoms with Crippen LogP contribution in [0.5, 0.6) is 0 Å². The summed E-state index contributed by atoms with van der Waals surface area (Å²) >= 11 is 0. The molecule has 1 aromatic rings. The van der Waals surface area contributed by atoms with Gasteiger partial charge in [0.05, 0.1) is 6.04 Å². The molecule has 2 fully saturated rings. The molecular formula is C17H28N4O. The number of rotatable bonds is 2. The predicted octanol–water partition coefficient (Wildman–Crippen LogP) is 2.32. The SMILES string of the molecule is CC1CCN(C(=O)c2ccn(C3CCCNC3)n2)CC(C)C1. The molecular weight excluding hydrogens is 276 g/mol. The first-order chi connectivity index (χ1) is 10.6. The van der Waals surface area contributed by atoms with Gasteiger partial charge in [-0.15, -0.1) is 0 Å². The number of aromatic nitrogens is 2. The highest BCUT2D eigenvalue weighted by Crippen LogP contribution is 2.23. The molecule has 5 nitrogen and oxygen atoms in total. The van der Waals surface area contributed by atoms with Gasteiger partial charge in [-0.3, -0.25) is 9.48 Å². The van der Waals surface area contributed by atoms with E-state index in [1.807, 2.05) is 21.8 Å². The van der Waals surface area contributed by atoms with E-state index in [-0.39, 0.29) is 5.91 Å². The number of piperidine rings is 1. The summed E-state index contributed by atoms with van der Waals surface area (Å²) in [6.07, 6.45) is 6.60. The average Bonchev–Trinajstić information content (AvgIpc) is 2.94. The quantitative estimate of drug-likeness (QED) is 0.912. The van der Waals surface area contributed by atoms with Crippen molar-refractivity contribution in [2.75, 3.05) is 26.2 Å². The lowest BCUT2D eigenvalue weighted by Gasteiger charge is -2.23. The van der Waals surface area contributed by atoms with Crippen LogP contribution in [0.2, 0.25) is 0 Å². The molecule has 0 saturated carbocycles. The van der Waals surface area contributed by atoms with E-state index < -0.39 is 0 Å². The van der Waals surface area contributed by atoms with Gasteiger partial charge in [0, 0.05) is 25.8 Å². The van der Waals surface area contributed by atoms with Gasteiger partial charge in [0.25, 0.3) is 5.91 Å². The molecule has 2 aliphatic heterocycles. The molecule has 0 aliphatic carbocycles. The highest BCUT2D eigenvalue weighted by Gasteiger charge is 2.25. The minimum absolute atomic E-state index is 0.100. The Bertz CT molecular complexity index is 507. The van der Waals surface area contributed by atoms with E-state index in [1.54, 1.807) is 0 Å². The molecule has 0 aromatic carbocycles. The smallest absolute Gasteiger partial charge is 0.274 e. The number of nitrogens with one attached hydrogen (secondary N) is 1. The van der Waals surface area contributed by atoms with E-state index in [2.05, 4.69) is 24.3 Å². The Balaban J connectivity index is 1.68. The molecule has 1 amide bonds. The topological polar surface area (TPSA) is 50.2 Å². The summed E-state index contributed by atoms with van der Waals surface area (Å²) in [7, 11) is 0. The molecule has 3 atom stereocenters. The van der Waals surface area contributed by atoms with Crippen LogP contribution >= 0.6 is 0 Å². The molecule has 0 spiro atoms. The second-order valence-electron chi connectivity index (χ2n) is 7.17. The molecule has 1 aromatic heterocycles. The van der Waals surface area contributed by atoms with Gasteiger partial charge in [-0.05, 0) is 50.1 Å². The molecule has 0 bridgehead atoms. The van der Waals surface area contributed by atoms with Gasteiger partial charge in [-0.25, -0.2) is 0 Å². The second-order valence-corrected chi connectivity index (χ2v) is 7.17. The van der Waals surface area contributed by atoms with Gasteiger partial charge in [-0.2, -0.15) is 5.10 Å². The molecule has 1 N–H and O–H groups in total. The third-order valence-corrected chi connectivity index (χ3v) is 4.99. The van der Waals surface area contributed by atoms with Gasteiger partial charge < -0.3 is 10.2 Å². The van der Waals surface area contributed by atoms with Crippen molar-refractivity contribution in [2.24, 2.45) is 11.8 Å². The van der Waals surface area contributed by atoms with Crippen LogP contribution < -0.4 is 5.32 Å². The fourth-order valence-electron chi connectivity index (χ4n) is 3.78. The summed E-state index contributed by atoms with van der Waals surface area (Å²) in [4.78, 5) is 14.7. The van der Waals surface area contributed by atoms with E-state index in [4.69, 9.17) is 0 Å². The number of hydrogen-bond donors (Lipinski definition) is 1. The zero-order chi connectivity index (χ0) is 15.5. The largest absolute Gasteiger partial charge is 0.337 e. The van der Waals surface area contributed by atoms with E-state index in [0.717, 1.165) is 39.0 Å². The summed E-state index contributed by atoms with van der Waals surface area (Å²) in [5.74, 6) is 1.38. The van der Waals surface area contributed by atoms with E-state index in [0.29, 0.717) is 23.6 Å². The number of carbonyl (C=O) groups excluding carboxylic acids is 1. The van der Waals surface area contributed by atoms with Gasteiger partial charge >= 0.3 is 0 Å². The maximum absolute atomic E-state index is 12.7. The van der Waals surface area contributed by atoms with Crippen LogP contribution in [-0.4, -0.2) is 46.8 Å². The maximum atomic E-state index is 12.7. The van der Waals surface area contributed by atoms with E-state index in [1.165, 1.54) is 12.8 Å². The molecule has 2 saturated heterocycles. The molecule has 3 unspecified atom stereocenters. The number of hydrogen-bond acceptors (Lipinski definition) is 3. The van der Waals surface area contributed by atoms with Crippen molar-refractivity contribution in [1.82, 2.24) is 20.0 Å². The first-order valence-electron chi connectivity index (χ1n) is 8.68. The van der Waals surface area contributed by atoms with Crippen molar-refractivity contribution in [3.05, 3.63) is 18.0 Å². The summed E-state index contributed by atoms with van der Waals surface area (Å²) in [6, 6.07) is 2.27. The van der Waals surface area contributed by atoms with Crippen LogP contribution in [0.1, 0.15) is 56.1 Å². The Labute approximate surface area is 133 Å². The normalized spacial score (nSPS) is 30.1. The van der Waals surface area contributed by atoms with Crippen molar-refractivity contribution < 1.29 is 4.79 Å². The highest BCUT2D eigenvalue weighted by molar-refractivity contribution is 5.92. The van der Waals surface area contributed by atoms with Crippen molar-refractivity contribution in [2.45, 2.75) is 45.6 Å². The number of amides is 1. The Hall–Kier alpha value is -1.36. The minimum atomic E-state index is 0.100. The van der Waals surface area contributed by atoms with Crippen molar-refractivity contribution in [3.63, 3.8) is 0 Å². The molecule has 5 heteroatoms. The van der Waals surface area contributed by atoms with Crippen LogP contribution in [-0.2, 0) is 0 Å². The first-order valence-corrected chi connectivity index (χ1v) is 8.68. The fourth-order valence-corrected chi connectivity index (χ4v) is 3.78. The predicted molar refractivity (Wildman–Crippen MR) is 86.8 cm³/mol. The molecule has 22 heavy (non-hydrogen) atoms. The van der Waals surface area contributed by atoms with Gasteiger partial charge in [0.1, 0.15) is 5.69 Å². The summed E-state index contributed by atoms with van der Waals surface area (Å²) in [5.41, 5.74) is 0.604. The van der Waals surface area contributed by atoms with Gasteiger partial charge in [0.2, 0.25) is 0 Å². The van der Waals surface area contributed by atoms with Crippen LogP contribution in [0.3, 0.4) is 0 Å². The molecule has 122 valence electrons. The number of nitrogens with zero attached hydrogens (tertiary/aromatic N) is 3. The Kier molecular flexibility index (Phi) is 4.81. The van der Waals surface area contributed by atoms with Crippen LogP contribution in [0.15, 0.2) is 12.3 Å². The lowest BCUT2D eigenvalue weighted by molar-refractivity contribution is 0.0737. The van der Waals surface area contributed by atoms with Crippen LogP contribution in [0, 0.1) is 11.8 Å². The third kappa shape index (κ3) is 3.51. The van der Waals surface area contributed by atoms with E-state index in [9.17, 15) is 4.79 Å². The number of likely N-dealkylation sites (tertiary alicyclic amines) is 1. The van der Waals surface area contributed by atoms with Crippen LogP contribution in [0.4, 0.5) is 0 Å². The lowest BCUT2D eigenvalue weighted by Crippen LogP contribution is -2.35. The Morgan fingerprint density at radius 3 is 2.95 bits per heavy atom. The lowest BCUT2D eigenvalue weighted by atomic mass is 9.97. The monoisotopic (exact) mass is 304 g/mol. The summed E-state index contributed by atoms with van der Waals surface area (Å²) in [5, 5.41) is 7.97. The molecule has 0 radical (unpaired) electrons. The van der Waals surface area contributed by atoms with Crippen molar-refractivity contribution >= 4 is 5.91 Å². The first kappa shape index (κ1) is 15.5. The molecule has 3 heterocycles. The molecule has 2 aliphatic rings. The van der Waals surface area contributed by atoms with Crippen molar-refractivity contribution in [1.29, 1.82) is 0 Å². The Morgan fingerprint density at radius 1 is 1.32 bits per heavy atom. The zero-order valence-corrected chi connectivity index (χ0v) is 13.8. The van der Waals surface area contributed by atoms with Crippen molar-refractivity contribution in [3.8, 4) is 0 Å². The number of carbonyl (C=O) groups is 1. The summed E-state index contributed by atoms with van der Waals surface area (Å²) in [6.45, 7) is 8.30. The fraction of sp³-hybridized carbons (Fsp3) is 0.765. The van der Waals surface area contributed by atoms with E-state index >= 15 is 0 Å². The minimum Gasteiger partial charge on any atom is -0.337 e. The zero-order valence-electron chi connectivity index (χ0n) is 13.8. The van der Waals surface area contributed by atoms with Gasteiger partial charge in [-0.1, -0.05) is 13.8 Å². The third-order valence-electron chi connectivity index (χ3n) is 4.99. The highest BCUT2D eigenvalue weighted by atomic mass is 16.2. The summed E-state index contributed by atoms with van der Waals surface area (Å²) < 4.78 is 1.98. The standard InChI is InChI=1S/C17H28N4O/c1-13-5-8-20(12-14(2)10-13)17(22)16-6-9-21(19-16)15-4-3-7-18-11-15/h6,9,13-15,18H,3-5,7-8,10-12H2,1-2H3. The van der Waals surface area contributed by atoms with Gasteiger partial charge in [0.15, 0.2) is 0 Å². The second kappa shape index (κ2) is 6.82. The maximum Gasteiger partial charge on any atom is 0.274 e.